The zero-order valence-corrected chi connectivity index (χ0v) is 16.1. The Morgan fingerprint density at radius 2 is 2.19 bits per heavy atom. The Balaban J connectivity index is 2.03. The summed E-state index contributed by atoms with van der Waals surface area (Å²) in [4.78, 5) is 24.6. The summed E-state index contributed by atoms with van der Waals surface area (Å²) in [7, 11) is 0. The summed E-state index contributed by atoms with van der Waals surface area (Å²) in [6, 6.07) is 0. The fourth-order valence-corrected chi connectivity index (χ4v) is 4.10. The van der Waals surface area contributed by atoms with Crippen LogP contribution in [0.2, 0.25) is 0 Å². The summed E-state index contributed by atoms with van der Waals surface area (Å²) in [5.41, 5.74) is -0.300. The lowest BCUT2D eigenvalue weighted by Crippen LogP contribution is -2.41. The van der Waals surface area contributed by atoms with E-state index in [0.717, 1.165) is 0 Å². The number of aliphatic hydroxyl groups excluding tert-OH is 1. The van der Waals surface area contributed by atoms with E-state index in [-0.39, 0.29) is 23.0 Å². The smallest absolute Gasteiger partial charge is 0.334 e. The summed E-state index contributed by atoms with van der Waals surface area (Å²) in [6.07, 6.45) is 1.81. The maximum absolute atomic E-state index is 12.5. The highest BCUT2D eigenvalue weighted by atomic mass is 16.6. The van der Waals surface area contributed by atoms with E-state index in [1.807, 2.05) is 13.8 Å². The third kappa shape index (κ3) is 3.56. The Labute approximate surface area is 159 Å². The van der Waals surface area contributed by atoms with Crippen LogP contribution in [0.4, 0.5) is 0 Å². The van der Waals surface area contributed by atoms with Crippen LogP contribution in [0, 0.1) is 11.8 Å². The van der Waals surface area contributed by atoms with Gasteiger partial charge in [0, 0.05) is 24.0 Å². The molecule has 0 aliphatic carbocycles. The highest BCUT2D eigenvalue weighted by Crippen LogP contribution is 2.47. The van der Waals surface area contributed by atoms with Crippen LogP contribution >= 0.6 is 0 Å². The van der Waals surface area contributed by atoms with Gasteiger partial charge in [-0.05, 0) is 25.8 Å². The molecule has 7 heteroatoms. The molecular weight excluding hydrogens is 352 g/mol. The lowest BCUT2D eigenvalue weighted by molar-refractivity contribution is -0.206. The van der Waals surface area contributed by atoms with Crippen molar-refractivity contribution in [3.8, 4) is 0 Å². The maximum atomic E-state index is 12.5. The van der Waals surface area contributed by atoms with Crippen molar-refractivity contribution in [3.05, 3.63) is 23.8 Å². The molecule has 3 rings (SSSR count). The van der Waals surface area contributed by atoms with Crippen molar-refractivity contribution >= 4 is 11.9 Å². The molecule has 3 heterocycles. The Bertz CT molecular complexity index is 684. The monoisotopic (exact) mass is 380 g/mol. The second-order valence-electron chi connectivity index (χ2n) is 8.10. The molecule has 0 radical (unpaired) electrons. The summed E-state index contributed by atoms with van der Waals surface area (Å²) in [5, 5.41) is 20.7. The summed E-state index contributed by atoms with van der Waals surface area (Å²) in [5.74, 6) is -3.40. The molecule has 6 atom stereocenters. The van der Waals surface area contributed by atoms with E-state index in [1.54, 1.807) is 6.92 Å². The van der Waals surface area contributed by atoms with Crippen molar-refractivity contribution in [2.45, 2.75) is 70.1 Å². The zero-order chi connectivity index (χ0) is 20.0. The molecule has 2 saturated heterocycles. The van der Waals surface area contributed by atoms with Gasteiger partial charge in [0.25, 0.3) is 0 Å². The Kier molecular flexibility index (Phi) is 5.22. The van der Waals surface area contributed by atoms with Crippen LogP contribution in [-0.2, 0) is 23.8 Å². The molecule has 2 N–H and O–H groups in total. The van der Waals surface area contributed by atoms with E-state index in [1.165, 1.54) is 6.08 Å². The average molecular weight is 380 g/mol. The van der Waals surface area contributed by atoms with Gasteiger partial charge in [-0.3, -0.25) is 4.79 Å². The van der Waals surface area contributed by atoms with E-state index < -0.39 is 42.1 Å². The number of hydrogen-bond acceptors (Lipinski definition) is 7. The summed E-state index contributed by atoms with van der Waals surface area (Å²) < 4.78 is 17.2. The van der Waals surface area contributed by atoms with Crippen LogP contribution in [-0.4, -0.2) is 52.4 Å². The predicted octanol–water partition coefficient (Wildman–Crippen LogP) is 1.62. The Morgan fingerprint density at radius 1 is 1.48 bits per heavy atom. The van der Waals surface area contributed by atoms with Gasteiger partial charge in [0.15, 0.2) is 5.79 Å². The second kappa shape index (κ2) is 7.04. The first-order valence-electron chi connectivity index (χ1n) is 9.47. The quantitative estimate of drug-likeness (QED) is 0.434. The topological polar surface area (TPSA) is 102 Å². The highest BCUT2D eigenvalue weighted by Gasteiger charge is 2.54. The van der Waals surface area contributed by atoms with Gasteiger partial charge in [-0.25, -0.2) is 4.79 Å². The second-order valence-corrected chi connectivity index (χ2v) is 8.10. The normalized spacial score (nSPS) is 39.6. The molecular formula is C20H28O7. The van der Waals surface area contributed by atoms with E-state index in [0.29, 0.717) is 25.7 Å². The van der Waals surface area contributed by atoms with Gasteiger partial charge in [0.05, 0.1) is 24.0 Å². The van der Waals surface area contributed by atoms with Crippen molar-refractivity contribution < 1.29 is 34.0 Å². The molecule has 7 nitrogen and oxygen atoms in total. The van der Waals surface area contributed by atoms with Crippen LogP contribution in [0.5, 0.6) is 0 Å². The van der Waals surface area contributed by atoms with Crippen molar-refractivity contribution in [2.75, 3.05) is 6.61 Å². The first-order chi connectivity index (χ1) is 12.6. The van der Waals surface area contributed by atoms with E-state index in [9.17, 15) is 19.8 Å². The minimum Gasteiger partial charge on any atom is -0.461 e. The van der Waals surface area contributed by atoms with Crippen molar-refractivity contribution in [1.29, 1.82) is 0 Å². The Morgan fingerprint density at radius 3 is 2.81 bits per heavy atom. The molecule has 0 aromatic heterocycles. The number of ether oxygens (including phenoxy) is 3. The number of esters is 2. The maximum Gasteiger partial charge on any atom is 0.334 e. The standard InChI is InChI=1S/C20H28O7/c1-5-11(2)17(22)26-15-9-19(4)6-7-20(24,27-19)13(10-21)8-14-16(15)12(3)18(23)25-14/h8,11,14-16,21,24H,3,5-7,9-10H2,1-2,4H3. The van der Waals surface area contributed by atoms with Crippen LogP contribution in [0.3, 0.4) is 0 Å². The first-order valence-corrected chi connectivity index (χ1v) is 9.47. The molecule has 27 heavy (non-hydrogen) atoms. The van der Waals surface area contributed by atoms with Gasteiger partial charge in [0.2, 0.25) is 0 Å². The van der Waals surface area contributed by atoms with Gasteiger partial charge >= 0.3 is 11.9 Å². The van der Waals surface area contributed by atoms with Gasteiger partial charge < -0.3 is 24.4 Å². The number of fused-ring (bicyclic) bond motifs is 3. The third-order valence-corrected chi connectivity index (χ3v) is 6.02. The number of aliphatic hydroxyl groups is 2. The average Bonchev–Trinajstić information content (AvgIpc) is 3.08. The molecule has 150 valence electrons. The number of carbonyl (C=O) groups excluding carboxylic acids is 2. The number of carbonyl (C=O) groups is 2. The van der Waals surface area contributed by atoms with Crippen molar-refractivity contribution in [1.82, 2.24) is 0 Å². The van der Waals surface area contributed by atoms with Gasteiger partial charge in [0.1, 0.15) is 12.2 Å². The molecule has 0 spiro atoms. The third-order valence-electron chi connectivity index (χ3n) is 6.02. The van der Waals surface area contributed by atoms with E-state index in [4.69, 9.17) is 14.2 Å². The van der Waals surface area contributed by atoms with Crippen LogP contribution < -0.4 is 0 Å². The van der Waals surface area contributed by atoms with Gasteiger partial charge in [-0.2, -0.15) is 0 Å². The highest BCUT2D eigenvalue weighted by molar-refractivity contribution is 5.91. The number of rotatable bonds is 4. The Hall–Kier alpha value is -1.70. The van der Waals surface area contributed by atoms with Crippen molar-refractivity contribution in [2.24, 2.45) is 11.8 Å². The summed E-state index contributed by atoms with van der Waals surface area (Å²) in [6.45, 7) is 8.93. The molecule has 3 aliphatic rings. The predicted molar refractivity (Wildman–Crippen MR) is 95.3 cm³/mol. The molecule has 0 amide bonds. The molecule has 6 unspecified atom stereocenters. The van der Waals surface area contributed by atoms with Crippen molar-refractivity contribution in [3.63, 3.8) is 0 Å². The lowest BCUT2D eigenvalue weighted by atomic mass is 9.81. The zero-order valence-electron chi connectivity index (χ0n) is 16.1. The van der Waals surface area contributed by atoms with Gasteiger partial charge in [-0.15, -0.1) is 0 Å². The van der Waals surface area contributed by atoms with Crippen LogP contribution in [0.1, 0.15) is 46.5 Å². The molecule has 2 bridgehead atoms. The molecule has 0 saturated carbocycles. The van der Waals surface area contributed by atoms with Gasteiger partial charge in [-0.1, -0.05) is 20.4 Å². The lowest BCUT2D eigenvalue weighted by Gasteiger charge is -2.33. The fraction of sp³-hybridized carbons (Fsp3) is 0.700. The summed E-state index contributed by atoms with van der Waals surface area (Å²) >= 11 is 0. The number of hydrogen-bond donors (Lipinski definition) is 2. The first kappa shape index (κ1) is 20.0. The fourth-order valence-electron chi connectivity index (χ4n) is 4.10. The van der Waals surface area contributed by atoms with E-state index in [2.05, 4.69) is 6.58 Å². The molecule has 3 aliphatic heterocycles. The minimum atomic E-state index is -1.63. The van der Waals surface area contributed by atoms with Crippen LogP contribution in [0.15, 0.2) is 23.8 Å². The van der Waals surface area contributed by atoms with Crippen LogP contribution in [0.25, 0.3) is 0 Å². The minimum absolute atomic E-state index is 0.226. The molecule has 0 aromatic carbocycles. The van der Waals surface area contributed by atoms with E-state index >= 15 is 0 Å². The molecule has 2 fully saturated rings. The SMILES string of the molecule is C=C1C(=O)OC2C=C(CO)C3(O)CCC(C)(CC(OC(=O)C(C)CC)C12)O3. The largest absolute Gasteiger partial charge is 0.461 e. The molecule has 0 aromatic rings.